The maximum Gasteiger partial charge on any atom is 0.259 e. The molecule has 158 valence electrons. The molecular weight excluding hydrogens is 400 g/mol. The van der Waals surface area contributed by atoms with Crippen molar-refractivity contribution in [2.75, 3.05) is 5.32 Å². The highest BCUT2D eigenvalue weighted by molar-refractivity contribution is 7.18. The van der Waals surface area contributed by atoms with Crippen LogP contribution in [-0.4, -0.2) is 21.8 Å². The highest BCUT2D eigenvalue weighted by Crippen LogP contribution is 2.25. The number of aryl methyl sites for hydroxylation is 3. The van der Waals surface area contributed by atoms with Gasteiger partial charge >= 0.3 is 0 Å². The molecule has 0 bridgehead atoms. The van der Waals surface area contributed by atoms with Gasteiger partial charge in [0, 0.05) is 29.8 Å². The average molecular weight is 427 g/mol. The predicted molar refractivity (Wildman–Crippen MR) is 120 cm³/mol. The summed E-state index contributed by atoms with van der Waals surface area (Å²) in [7, 11) is 0. The van der Waals surface area contributed by atoms with E-state index < -0.39 is 0 Å². The van der Waals surface area contributed by atoms with Gasteiger partial charge in [-0.15, -0.1) is 11.3 Å². The fraction of sp³-hybridized carbons (Fsp3) is 0.364. The minimum Gasteiger partial charge on any atom is -0.350 e. The number of H-pyrrole nitrogens is 1. The molecule has 2 aromatic heterocycles. The number of benzene rings is 1. The molecule has 0 spiro atoms. The Kier molecular flexibility index (Phi) is 6.66. The van der Waals surface area contributed by atoms with E-state index in [2.05, 4.69) is 20.6 Å². The van der Waals surface area contributed by atoms with Crippen LogP contribution >= 0.6 is 11.3 Å². The quantitative estimate of drug-likeness (QED) is 0.535. The molecule has 0 aliphatic rings. The van der Waals surface area contributed by atoms with Crippen molar-refractivity contribution in [3.63, 3.8) is 0 Å². The lowest BCUT2D eigenvalue weighted by Gasteiger charge is -2.15. The third kappa shape index (κ3) is 4.94. The lowest BCUT2D eigenvalue weighted by atomic mass is 10.1. The lowest BCUT2D eigenvalue weighted by Crippen LogP contribution is -2.27. The number of fused-ring (bicyclic) bond motifs is 1. The summed E-state index contributed by atoms with van der Waals surface area (Å²) < 4.78 is 0. The number of nitrogens with one attached hydrogen (secondary N) is 3. The van der Waals surface area contributed by atoms with Crippen LogP contribution in [0.2, 0.25) is 0 Å². The van der Waals surface area contributed by atoms with Crippen LogP contribution < -0.4 is 16.2 Å². The van der Waals surface area contributed by atoms with Crippen molar-refractivity contribution in [2.45, 2.75) is 53.0 Å². The fourth-order valence-electron chi connectivity index (χ4n) is 3.15. The number of nitrogens with zero attached hydrogens (tertiary/aromatic N) is 1. The minimum absolute atomic E-state index is 0.0400. The number of aromatic amines is 1. The number of carbonyl (C=O) groups excluding carboxylic acids is 2. The molecule has 1 unspecified atom stereocenters. The largest absolute Gasteiger partial charge is 0.350 e. The van der Waals surface area contributed by atoms with Crippen molar-refractivity contribution in [1.82, 2.24) is 15.3 Å². The van der Waals surface area contributed by atoms with E-state index in [1.165, 1.54) is 11.3 Å². The van der Waals surface area contributed by atoms with Gasteiger partial charge in [0.05, 0.1) is 11.4 Å². The topological polar surface area (TPSA) is 104 Å². The first-order chi connectivity index (χ1) is 14.3. The molecule has 30 heavy (non-hydrogen) atoms. The SMILES string of the molecule is CCC(=O)Nc1ccc(C(C)NC(=O)CCc2nc3sc(C)c(C)c3c(=O)[nH]2)cc1. The van der Waals surface area contributed by atoms with Crippen LogP contribution in [-0.2, 0) is 16.0 Å². The Labute approximate surface area is 178 Å². The third-order valence-electron chi connectivity index (χ3n) is 5.07. The third-order valence-corrected chi connectivity index (χ3v) is 6.17. The van der Waals surface area contributed by atoms with Crippen LogP contribution in [0.25, 0.3) is 10.2 Å². The molecule has 0 radical (unpaired) electrons. The zero-order chi connectivity index (χ0) is 21.8. The van der Waals surface area contributed by atoms with Gasteiger partial charge in [0.1, 0.15) is 10.7 Å². The molecule has 2 amide bonds. The van der Waals surface area contributed by atoms with Gasteiger partial charge in [0.15, 0.2) is 0 Å². The molecule has 0 aliphatic carbocycles. The molecule has 0 aliphatic heterocycles. The van der Waals surface area contributed by atoms with Gasteiger partial charge < -0.3 is 15.6 Å². The van der Waals surface area contributed by atoms with Crippen molar-refractivity contribution >= 4 is 39.1 Å². The van der Waals surface area contributed by atoms with Crippen molar-refractivity contribution in [3.05, 3.63) is 56.4 Å². The van der Waals surface area contributed by atoms with Gasteiger partial charge in [0.25, 0.3) is 5.56 Å². The molecule has 3 rings (SSSR count). The second-order valence-corrected chi connectivity index (χ2v) is 8.49. The lowest BCUT2D eigenvalue weighted by molar-refractivity contribution is -0.121. The van der Waals surface area contributed by atoms with E-state index in [1.54, 1.807) is 6.92 Å². The molecule has 2 heterocycles. The Bertz CT molecular complexity index is 1130. The summed E-state index contributed by atoms with van der Waals surface area (Å²) in [6, 6.07) is 7.22. The summed E-state index contributed by atoms with van der Waals surface area (Å²) >= 11 is 1.50. The van der Waals surface area contributed by atoms with E-state index in [0.717, 1.165) is 21.7 Å². The summed E-state index contributed by atoms with van der Waals surface area (Å²) in [5.41, 5.74) is 2.48. The van der Waals surface area contributed by atoms with Crippen LogP contribution in [0, 0.1) is 13.8 Å². The molecule has 0 saturated heterocycles. The molecule has 3 aromatic rings. The van der Waals surface area contributed by atoms with Gasteiger partial charge in [-0.25, -0.2) is 4.98 Å². The van der Waals surface area contributed by atoms with Crippen LogP contribution in [0.4, 0.5) is 5.69 Å². The summed E-state index contributed by atoms with van der Waals surface area (Å²) in [4.78, 5) is 45.3. The second kappa shape index (κ2) is 9.21. The van der Waals surface area contributed by atoms with E-state index in [1.807, 2.05) is 45.0 Å². The number of anilines is 1. The standard InChI is InChI=1S/C22H26N4O3S/c1-5-18(27)24-16-8-6-15(7-9-16)13(3)23-19(28)11-10-17-25-21(29)20-12(2)14(4)30-22(20)26-17/h6-9,13H,5,10-11H2,1-4H3,(H,23,28)(H,24,27)(H,25,26,29). The van der Waals surface area contributed by atoms with Crippen molar-refractivity contribution in [3.8, 4) is 0 Å². The monoisotopic (exact) mass is 426 g/mol. The Morgan fingerprint density at radius 3 is 2.53 bits per heavy atom. The zero-order valence-electron chi connectivity index (χ0n) is 17.6. The van der Waals surface area contributed by atoms with E-state index in [-0.39, 0.29) is 29.8 Å². The molecule has 0 fully saturated rings. The fourth-order valence-corrected chi connectivity index (χ4v) is 4.20. The number of thiophene rings is 1. The van der Waals surface area contributed by atoms with Gasteiger partial charge in [0.2, 0.25) is 11.8 Å². The first-order valence-corrected chi connectivity index (χ1v) is 10.8. The number of carbonyl (C=O) groups is 2. The van der Waals surface area contributed by atoms with E-state index in [0.29, 0.717) is 28.9 Å². The molecule has 7 nitrogen and oxygen atoms in total. The Morgan fingerprint density at radius 2 is 1.87 bits per heavy atom. The first-order valence-electron chi connectivity index (χ1n) is 9.96. The summed E-state index contributed by atoms with van der Waals surface area (Å²) in [6.07, 6.45) is 1.02. The number of aromatic nitrogens is 2. The smallest absolute Gasteiger partial charge is 0.259 e. The Hall–Kier alpha value is -3.00. The highest BCUT2D eigenvalue weighted by atomic mass is 32.1. The summed E-state index contributed by atoms with van der Waals surface area (Å²) in [5, 5.41) is 6.39. The van der Waals surface area contributed by atoms with E-state index in [9.17, 15) is 14.4 Å². The molecule has 1 atom stereocenters. The van der Waals surface area contributed by atoms with Gasteiger partial charge in [-0.05, 0) is 44.0 Å². The average Bonchev–Trinajstić information content (AvgIpc) is 3.00. The number of rotatable bonds is 7. The molecule has 8 heteroatoms. The zero-order valence-corrected chi connectivity index (χ0v) is 18.4. The van der Waals surface area contributed by atoms with Crippen LogP contribution in [0.15, 0.2) is 29.1 Å². The minimum atomic E-state index is -0.175. The van der Waals surface area contributed by atoms with Crippen molar-refractivity contribution in [2.24, 2.45) is 0 Å². The Balaban J connectivity index is 1.58. The van der Waals surface area contributed by atoms with Gasteiger partial charge in [-0.1, -0.05) is 19.1 Å². The van der Waals surface area contributed by atoms with E-state index >= 15 is 0 Å². The number of hydrogen-bond acceptors (Lipinski definition) is 5. The first kappa shape index (κ1) is 21.7. The van der Waals surface area contributed by atoms with Crippen molar-refractivity contribution in [1.29, 1.82) is 0 Å². The predicted octanol–water partition coefficient (Wildman–Crippen LogP) is 3.76. The number of hydrogen-bond donors (Lipinski definition) is 3. The van der Waals surface area contributed by atoms with Gasteiger partial charge in [-0.3, -0.25) is 14.4 Å². The number of amides is 2. The molecule has 3 N–H and O–H groups in total. The molecule has 1 aromatic carbocycles. The maximum atomic E-state index is 12.4. The molecule has 0 saturated carbocycles. The van der Waals surface area contributed by atoms with E-state index in [4.69, 9.17) is 0 Å². The van der Waals surface area contributed by atoms with Gasteiger partial charge in [-0.2, -0.15) is 0 Å². The normalized spacial score (nSPS) is 12.0. The maximum absolute atomic E-state index is 12.4. The van der Waals surface area contributed by atoms with Crippen LogP contribution in [0.3, 0.4) is 0 Å². The van der Waals surface area contributed by atoms with Crippen LogP contribution in [0.5, 0.6) is 0 Å². The summed E-state index contributed by atoms with van der Waals surface area (Å²) in [6.45, 7) is 7.59. The van der Waals surface area contributed by atoms with Crippen LogP contribution in [0.1, 0.15) is 54.6 Å². The molecular formula is C22H26N4O3S. The highest BCUT2D eigenvalue weighted by Gasteiger charge is 2.14. The summed E-state index contributed by atoms with van der Waals surface area (Å²) in [5.74, 6) is 0.363. The van der Waals surface area contributed by atoms with Crippen molar-refractivity contribution < 1.29 is 9.59 Å². The second-order valence-electron chi connectivity index (χ2n) is 7.29. The Morgan fingerprint density at radius 1 is 1.17 bits per heavy atom.